The fraction of sp³-hybridized carbons (Fsp3) is 0.286. The first-order valence-electron chi connectivity index (χ1n) is 9.18. The molecule has 3 aromatic rings. The summed E-state index contributed by atoms with van der Waals surface area (Å²) in [6, 6.07) is 12.7. The Bertz CT molecular complexity index is 1190. The van der Waals surface area contributed by atoms with Crippen molar-refractivity contribution in [2.24, 2.45) is 0 Å². The first kappa shape index (κ1) is 20.7. The summed E-state index contributed by atoms with van der Waals surface area (Å²) in [7, 11) is -3.14. The van der Waals surface area contributed by atoms with Crippen LogP contribution < -0.4 is 0 Å². The lowest BCUT2D eigenvalue weighted by Crippen LogP contribution is -2.40. The van der Waals surface area contributed by atoms with E-state index in [0.29, 0.717) is 27.9 Å². The van der Waals surface area contributed by atoms with Crippen molar-refractivity contribution in [1.29, 1.82) is 0 Å². The highest BCUT2D eigenvalue weighted by atomic mass is 35.5. The van der Waals surface area contributed by atoms with E-state index >= 15 is 0 Å². The largest absolute Gasteiger partial charge is 0.330 e. The smallest absolute Gasteiger partial charge is 0.266 e. The summed E-state index contributed by atoms with van der Waals surface area (Å²) in [4.78, 5) is 15.6. The number of hydrogen-bond donors (Lipinski definition) is 0. The minimum Gasteiger partial charge on any atom is -0.330 e. The van der Waals surface area contributed by atoms with Crippen molar-refractivity contribution < 1.29 is 13.2 Å². The van der Waals surface area contributed by atoms with Gasteiger partial charge in [-0.3, -0.25) is 4.79 Å². The van der Waals surface area contributed by atoms with Crippen LogP contribution in [0, 0.1) is 6.92 Å². The molecule has 4 rings (SSSR count). The van der Waals surface area contributed by atoms with Crippen molar-refractivity contribution in [3.63, 3.8) is 0 Å². The van der Waals surface area contributed by atoms with E-state index in [1.165, 1.54) is 11.3 Å². The Balaban J connectivity index is 1.73. The van der Waals surface area contributed by atoms with E-state index in [2.05, 4.69) is 0 Å². The summed E-state index contributed by atoms with van der Waals surface area (Å²) in [5.74, 6) is -0.152. The number of rotatable bonds is 4. The zero-order valence-electron chi connectivity index (χ0n) is 15.7. The molecule has 1 aliphatic heterocycles. The molecular weight excluding hydrogens is 449 g/mol. The predicted octanol–water partition coefficient (Wildman–Crippen LogP) is 5.35. The number of sulfone groups is 1. The second-order valence-corrected chi connectivity index (χ2v) is 11.5. The van der Waals surface area contributed by atoms with Crippen molar-refractivity contribution in [3.05, 3.63) is 68.5 Å². The first-order chi connectivity index (χ1) is 13.7. The van der Waals surface area contributed by atoms with Crippen LogP contribution in [0.2, 0.25) is 10.0 Å². The zero-order valence-corrected chi connectivity index (χ0v) is 18.8. The van der Waals surface area contributed by atoms with Crippen LogP contribution in [-0.2, 0) is 16.4 Å². The normalized spacial score (nSPS) is 18.2. The van der Waals surface area contributed by atoms with Crippen LogP contribution in [0.15, 0.2) is 42.5 Å². The molecule has 1 fully saturated rings. The topological polar surface area (TPSA) is 54.5 Å². The van der Waals surface area contributed by atoms with Crippen LogP contribution in [0.4, 0.5) is 0 Å². The second kappa shape index (κ2) is 7.91. The van der Waals surface area contributed by atoms with Gasteiger partial charge >= 0.3 is 0 Å². The van der Waals surface area contributed by atoms with Gasteiger partial charge in [0.2, 0.25) is 0 Å². The molecule has 0 aliphatic carbocycles. The van der Waals surface area contributed by atoms with Gasteiger partial charge in [0.15, 0.2) is 9.84 Å². The van der Waals surface area contributed by atoms with Gasteiger partial charge in [-0.2, -0.15) is 0 Å². The van der Waals surface area contributed by atoms with E-state index in [0.717, 1.165) is 21.2 Å². The lowest BCUT2D eigenvalue weighted by atomic mass is 10.1. The van der Waals surface area contributed by atoms with Gasteiger partial charge in [0.25, 0.3) is 5.91 Å². The van der Waals surface area contributed by atoms with Gasteiger partial charge in [-0.25, -0.2) is 8.42 Å². The summed E-state index contributed by atoms with van der Waals surface area (Å²) >= 11 is 13.9. The lowest BCUT2D eigenvalue weighted by molar-refractivity contribution is 0.0686. The molecule has 2 heterocycles. The molecule has 0 bridgehead atoms. The van der Waals surface area contributed by atoms with E-state index < -0.39 is 9.84 Å². The molecule has 4 nitrogen and oxygen atoms in total. The fourth-order valence-corrected chi connectivity index (χ4v) is 7.04. The van der Waals surface area contributed by atoms with Gasteiger partial charge in [-0.15, -0.1) is 11.3 Å². The molecular formula is C21H19Cl2NO3S2. The monoisotopic (exact) mass is 467 g/mol. The van der Waals surface area contributed by atoms with Gasteiger partial charge in [0.05, 0.1) is 16.5 Å². The van der Waals surface area contributed by atoms with Crippen LogP contribution in [0.25, 0.3) is 10.1 Å². The standard InChI is InChI=1S/C21H19Cl2NO3S2/c1-13-2-7-17-18(10-13)28-20(19(17)23)21(25)24(16-8-9-29(26,27)12-16)11-14-3-5-15(22)6-4-14/h2-7,10,16H,8-9,11-12H2,1H3/t16-/m0/s1. The molecule has 8 heteroatoms. The molecule has 29 heavy (non-hydrogen) atoms. The maximum Gasteiger partial charge on any atom is 0.266 e. The third kappa shape index (κ3) is 4.31. The number of carbonyl (C=O) groups excluding carboxylic acids is 1. The van der Waals surface area contributed by atoms with Crippen molar-refractivity contribution in [3.8, 4) is 0 Å². The maximum atomic E-state index is 13.5. The first-order valence-corrected chi connectivity index (χ1v) is 12.6. The van der Waals surface area contributed by atoms with E-state index in [-0.39, 0.29) is 23.5 Å². The predicted molar refractivity (Wildman–Crippen MR) is 120 cm³/mol. The Morgan fingerprint density at radius 1 is 1.17 bits per heavy atom. The van der Waals surface area contributed by atoms with Crippen molar-refractivity contribution in [1.82, 2.24) is 4.90 Å². The Kier molecular flexibility index (Phi) is 5.64. The van der Waals surface area contributed by atoms with E-state index in [9.17, 15) is 13.2 Å². The van der Waals surface area contributed by atoms with Crippen molar-refractivity contribution >= 4 is 60.4 Å². The summed E-state index contributed by atoms with van der Waals surface area (Å²) in [6.45, 7) is 2.30. The quantitative estimate of drug-likeness (QED) is 0.519. The molecule has 0 unspecified atom stereocenters. The average molecular weight is 468 g/mol. The van der Waals surface area contributed by atoms with Gasteiger partial charge < -0.3 is 4.90 Å². The van der Waals surface area contributed by atoms with Gasteiger partial charge in [-0.05, 0) is 42.7 Å². The van der Waals surface area contributed by atoms with Crippen molar-refractivity contribution in [2.45, 2.75) is 25.9 Å². The number of halogens is 2. The SMILES string of the molecule is Cc1ccc2c(Cl)c(C(=O)N(Cc3ccc(Cl)cc3)[C@H]3CCS(=O)(=O)C3)sc2c1. The highest BCUT2D eigenvalue weighted by Crippen LogP contribution is 2.37. The van der Waals surface area contributed by atoms with Crippen molar-refractivity contribution in [2.75, 3.05) is 11.5 Å². The number of aryl methyl sites for hydroxylation is 1. The van der Waals surface area contributed by atoms with E-state index in [4.69, 9.17) is 23.2 Å². The summed E-state index contributed by atoms with van der Waals surface area (Å²) in [5, 5.41) is 1.88. The van der Waals surface area contributed by atoms with E-state index in [1.54, 1.807) is 17.0 Å². The molecule has 1 aromatic heterocycles. The number of benzene rings is 2. The van der Waals surface area contributed by atoms with Crippen LogP contribution in [0.3, 0.4) is 0 Å². The molecule has 152 valence electrons. The molecule has 2 aromatic carbocycles. The number of thiophene rings is 1. The van der Waals surface area contributed by atoms with Crippen LogP contribution in [0.1, 0.15) is 27.2 Å². The van der Waals surface area contributed by atoms with Crippen LogP contribution >= 0.6 is 34.5 Å². The van der Waals surface area contributed by atoms with Crippen LogP contribution in [0.5, 0.6) is 0 Å². The Morgan fingerprint density at radius 2 is 1.90 bits per heavy atom. The number of fused-ring (bicyclic) bond motifs is 1. The molecule has 0 spiro atoms. The highest BCUT2D eigenvalue weighted by Gasteiger charge is 2.36. The number of hydrogen-bond acceptors (Lipinski definition) is 4. The number of carbonyl (C=O) groups is 1. The Hall–Kier alpha value is -1.60. The third-order valence-corrected chi connectivity index (χ3v) is 8.80. The highest BCUT2D eigenvalue weighted by molar-refractivity contribution is 7.91. The summed E-state index contributed by atoms with van der Waals surface area (Å²) in [5.41, 5.74) is 1.98. The molecule has 1 aliphatic rings. The molecule has 0 radical (unpaired) electrons. The minimum absolute atomic E-state index is 0.0199. The molecule has 1 saturated heterocycles. The number of nitrogens with zero attached hydrogens (tertiary/aromatic N) is 1. The molecule has 1 atom stereocenters. The average Bonchev–Trinajstić information content (AvgIpc) is 3.19. The maximum absolute atomic E-state index is 13.5. The van der Waals surface area contributed by atoms with Crippen LogP contribution in [-0.4, -0.2) is 36.8 Å². The summed E-state index contributed by atoms with van der Waals surface area (Å²) in [6.07, 6.45) is 0.434. The minimum atomic E-state index is -3.14. The Labute approximate surface area is 184 Å². The van der Waals surface area contributed by atoms with E-state index in [1.807, 2.05) is 37.3 Å². The lowest BCUT2D eigenvalue weighted by Gasteiger charge is -2.28. The van der Waals surface area contributed by atoms with Gasteiger partial charge in [0, 0.05) is 27.7 Å². The molecule has 0 N–H and O–H groups in total. The fourth-order valence-electron chi connectivity index (χ4n) is 3.61. The second-order valence-electron chi connectivity index (χ2n) is 7.36. The summed E-state index contributed by atoms with van der Waals surface area (Å²) < 4.78 is 25.1. The number of amides is 1. The van der Waals surface area contributed by atoms with Gasteiger partial charge in [0.1, 0.15) is 4.88 Å². The molecule has 1 amide bonds. The Morgan fingerprint density at radius 3 is 2.55 bits per heavy atom. The zero-order chi connectivity index (χ0) is 20.8. The third-order valence-electron chi connectivity index (χ3n) is 5.16. The molecule has 0 saturated carbocycles. The van der Waals surface area contributed by atoms with Gasteiger partial charge in [-0.1, -0.05) is 47.5 Å².